The van der Waals surface area contributed by atoms with E-state index in [4.69, 9.17) is 0 Å². The summed E-state index contributed by atoms with van der Waals surface area (Å²) < 4.78 is 0. The Morgan fingerprint density at radius 2 is 1.71 bits per heavy atom. The average Bonchev–Trinajstić information content (AvgIpc) is 2.47. The number of hydrogen-bond acceptors (Lipinski definition) is 1. The molecule has 0 atom stereocenters. The van der Waals surface area contributed by atoms with Gasteiger partial charge in [0.05, 0.1) is 0 Å². The first-order valence-electron chi connectivity index (χ1n) is 7.21. The quantitative estimate of drug-likeness (QED) is 0.802. The summed E-state index contributed by atoms with van der Waals surface area (Å²) in [6.07, 6.45) is 3.40. The van der Waals surface area contributed by atoms with Gasteiger partial charge in [-0.3, -0.25) is 4.79 Å². The van der Waals surface area contributed by atoms with Crippen molar-refractivity contribution in [3.63, 3.8) is 0 Å². The molecule has 2 aromatic carbocycles. The van der Waals surface area contributed by atoms with E-state index in [1.807, 2.05) is 61.5 Å². The molecule has 0 saturated heterocycles. The SMILES string of the molecule is Cc1ccc(/C=C/C(=O)Nc2ccccc2C(C)C)cc1. The Morgan fingerprint density at radius 1 is 1.05 bits per heavy atom. The lowest BCUT2D eigenvalue weighted by molar-refractivity contribution is -0.111. The van der Waals surface area contributed by atoms with Crippen molar-refractivity contribution in [2.24, 2.45) is 0 Å². The van der Waals surface area contributed by atoms with E-state index < -0.39 is 0 Å². The Balaban J connectivity index is 2.07. The molecule has 0 radical (unpaired) electrons. The van der Waals surface area contributed by atoms with Crippen molar-refractivity contribution in [2.75, 3.05) is 5.32 Å². The number of para-hydroxylation sites is 1. The normalized spacial score (nSPS) is 11.0. The van der Waals surface area contributed by atoms with Gasteiger partial charge in [0, 0.05) is 11.8 Å². The van der Waals surface area contributed by atoms with E-state index in [-0.39, 0.29) is 5.91 Å². The number of carbonyl (C=O) groups excluding carboxylic acids is 1. The number of benzene rings is 2. The summed E-state index contributed by atoms with van der Waals surface area (Å²) in [6.45, 7) is 6.28. The van der Waals surface area contributed by atoms with Crippen LogP contribution in [0, 0.1) is 6.92 Å². The average molecular weight is 279 g/mol. The second-order valence-corrected chi connectivity index (χ2v) is 5.48. The minimum atomic E-state index is -0.108. The summed E-state index contributed by atoms with van der Waals surface area (Å²) in [5.74, 6) is 0.270. The Kier molecular flexibility index (Phi) is 4.94. The summed E-state index contributed by atoms with van der Waals surface area (Å²) in [7, 11) is 0. The van der Waals surface area contributed by atoms with Gasteiger partial charge in [-0.25, -0.2) is 0 Å². The summed E-state index contributed by atoms with van der Waals surface area (Å²) in [5.41, 5.74) is 4.26. The Labute approximate surface area is 126 Å². The minimum absolute atomic E-state index is 0.108. The second-order valence-electron chi connectivity index (χ2n) is 5.48. The van der Waals surface area contributed by atoms with Crippen LogP contribution in [0.4, 0.5) is 5.69 Å². The molecule has 0 spiro atoms. The van der Waals surface area contributed by atoms with Crippen LogP contribution in [0.5, 0.6) is 0 Å². The van der Waals surface area contributed by atoms with Gasteiger partial charge < -0.3 is 5.32 Å². The van der Waals surface area contributed by atoms with Gasteiger partial charge in [0.1, 0.15) is 0 Å². The van der Waals surface area contributed by atoms with Gasteiger partial charge in [0.25, 0.3) is 0 Å². The molecule has 0 unspecified atom stereocenters. The van der Waals surface area contributed by atoms with Crippen LogP contribution >= 0.6 is 0 Å². The number of rotatable bonds is 4. The highest BCUT2D eigenvalue weighted by Crippen LogP contribution is 2.23. The highest BCUT2D eigenvalue weighted by molar-refractivity contribution is 6.02. The van der Waals surface area contributed by atoms with Gasteiger partial charge in [0.15, 0.2) is 0 Å². The standard InChI is InChI=1S/C19H21NO/c1-14(2)17-6-4-5-7-18(17)20-19(21)13-12-16-10-8-15(3)9-11-16/h4-14H,1-3H3,(H,20,21)/b13-12+. The fraction of sp³-hybridized carbons (Fsp3) is 0.211. The first-order valence-corrected chi connectivity index (χ1v) is 7.21. The van der Waals surface area contributed by atoms with Crippen molar-refractivity contribution in [3.8, 4) is 0 Å². The molecule has 0 fully saturated rings. The van der Waals surface area contributed by atoms with E-state index in [0.717, 1.165) is 16.8 Å². The highest BCUT2D eigenvalue weighted by Gasteiger charge is 2.07. The topological polar surface area (TPSA) is 29.1 Å². The van der Waals surface area contributed by atoms with Crippen LogP contribution in [0.25, 0.3) is 6.08 Å². The van der Waals surface area contributed by atoms with Crippen molar-refractivity contribution >= 4 is 17.7 Å². The molecule has 1 N–H and O–H groups in total. The van der Waals surface area contributed by atoms with Gasteiger partial charge >= 0.3 is 0 Å². The van der Waals surface area contributed by atoms with Crippen LogP contribution in [0.1, 0.15) is 36.5 Å². The summed E-state index contributed by atoms with van der Waals surface area (Å²) >= 11 is 0. The maximum Gasteiger partial charge on any atom is 0.248 e. The molecule has 0 aromatic heterocycles. The number of hydrogen-bond donors (Lipinski definition) is 1. The fourth-order valence-electron chi connectivity index (χ4n) is 2.14. The lowest BCUT2D eigenvalue weighted by Gasteiger charge is -2.12. The van der Waals surface area contributed by atoms with Crippen molar-refractivity contribution in [1.29, 1.82) is 0 Å². The number of nitrogens with one attached hydrogen (secondary N) is 1. The molecule has 2 nitrogen and oxygen atoms in total. The van der Waals surface area contributed by atoms with Gasteiger partial charge in [0.2, 0.25) is 5.91 Å². The molecule has 0 heterocycles. The second kappa shape index (κ2) is 6.89. The lowest BCUT2D eigenvalue weighted by Crippen LogP contribution is -2.10. The van der Waals surface area contributed by atoms with Crippen molar-refractivity contribution in [1.82, 2.24) is 0 Å². The van der Waals surface area contributed by atoms with E-state index in [1.165, 1.54) is 5.56 Å². The number of amides is 1. The third-order valence-electron chi connectivity index (χ3n) is 3.35. The molecule has 2 rings (SSSR count). The van der Waals surface area contributed by atoms with Crippen LogP contribution in [0.2, 0.25) is 0 Å². The zero-order chi connectivity index (χ0) is 15.2. The molecule has 2 heteroatoms. The Bertz CT molecular complexity index is 639. The number of carbonyl (C=O) groups is 1. The van der Waals surface area contributed by atoms with Crippen LogP contribution in [0.15, 0.2) is 54.6 Å². The molecule has 0 bridgehead atoms. The zero-order valence-electron chi connectivity index (χ0n) is 12.8. The molecule has 0 aliphatic rings. The summed E-state index contributed by atoms with van der Waals surface area (Å²) in [5, 5.41) is 2.95. The smallest absolute Gasteiger partial charge is 0.248 e. The molecule has 2 aromatic rings. The van der Waals surface area contributed by atoms with Gasteiger partial charge in [-0.2, -0.15) is 0 Å². The molecular formula is C19H21NO. The first-order chi connectivity index (χ1) is 10.1. The monoisotopic (exact) mass is 279 g/mol. The van der Waals surface area contributed by atoms with E-state index >= 15 is 0 Å². The maximum atomic E-state index is 12.0. The third-order valence-corrected chi connectivity index (χ3v) is 3.35. The van der Waals surface area contributed by atoms with Crippen LogP contribution in [-0.4, -0.2) is 5.91 Å². The molecule has 21 heavy (non-hydrogen) atoms. The molecule has 0 aliphatic carbocycles. The van der Waals surface area contributed by atoms with Gasteiger partial charge in [-0.1, -0.05) is 61.9 Å². The van der Waals surface area contributed by atoms with Gasteiger partial charge in [-0.15, -0.1) is 0 Å². The largest absolute Gasteiger partial charge is 0.322 e. The first kappa shape index (κ1) is 15.0. The summed E-state index contributed by atoms with van der Waals surface area (Å²) in [6, 6.07) is 16.0. The molecule has 108 valence electrons. The predicted molar refractivity (Wildman–Crippen MR) is 89.4 cm³/mol. The highest BCUT2D eigenvalue weighted by atomic mass is 16.1. The molecule has 0 aliphatic heterocycles. The van der Waals surface area contributed by atoms with E-state index in [2.05, 4.69) is 19.2 Å². The van der Waals surface area contributed by atoms with Crippen molar-refractivity contribution < 1.29 is 4.79 Å². The molecule has 1 amide bonds. The summed E-state index contributed by atoms with van der Waals surface area (Å²) in [4.78, 5) is 12.0. The van der Waals surface area contributed by atoms with Crippen molar-refractivity contribution in [2.45, 2.75) is 26.7 Å². The van der Waals surface area contributed by atoms with Crippen LogP contribution < -0.4 is 5.32 Å². The molecule has 0 saturated carbocycles. The molecular weight excluding hydrogens is 258 g/mol. The number of aryl methyl sites for hydroxylation is 1. The van der Waals surface area contributed by atoms with E-state index in [0.29, 0.717) is 5.92 Å². The maximum absolute atomic E-state index is 12.0. The predicted octanol–water partition coefficient (Wildman–Crippen LogP) is 4.77. The van der Waals surface area contributed by atoms with E-state index in [1.54, 1.807) is 6.08 Å². The number of anilines is 1. The van der Waals surface area contributed by atoms with Crippen LogP contribution in [0.3, 0.4) is 0 Å². The van der Waals surface area contributed by atoms with Crippen LogP contribution in [-0.2, 0) is 4.79 Å². The van der Waals surface area contributed by atoms with Crippen molar-refractivity contribution in [3.05, 3.63) is 71.3 Å². The lowest BCUT2D eigenvalue weighted by atomic mass is 10.0. The van der Waals surface area contributed by atoms with Gasteiger partial charge in [-0.05, 0) is 36.1 Å². The zero-order valence-corrected chi connectivity index (χ0v) is 12.8. The van der Waals surface area contributed by atoms with E-state index in [9.17, 15) is 4.79 Å². The minimum Gasteiger partial charge on any atom is -0.322 e. The fourth-order valence-corrected chi connectivity index (χ4v) is 2.14. The third kappa shape index (κ3) is 4.32. The Hall–Kier alpha value is -2.35. The Morgan fingerprint density at radius 3 is 2.38 bits per heavy atom.